The molecule has 0 aliphatic carbocycles. The van der Waals surface area contributed by atoms with Crippen LogP contribution in [0, 0.1) is 3.57 Å². The van der Waals surface area contributed by atoms with Gasteiger partial charge in [0.2, 0.25) is 0 Å². The minimum Gasteiger partial charge on any atom is -0.504 e. The molecule has 0 spiro atoms. The number of hydrogen-bond acceptors (Lipinski definition) is 4. The largest absolute Gasteiger partial charge is 0.504 e. The summed E-state index contributed by atoms with van der Waals surface area (Å²) < 4.78 is 5.75. The normalized spacial score (nSPS) is 10.4. The first-order valence-corrected chi connectivity index (χ1v) is 6.70. The van der Waals surface area contributed by atoms with Crippen molar-refractivity contribution in [2.24, 2.45) is 5.10 Å². The lowest BCUT2D eigenvalue weighted by molar-refractivity contribution is 0.371. The van der Waals surface area contributed by atoms with Crippen molar-refractivity contribution in [3.63, 3.8) is 0 Å². The molecule has 1 aromatic carbocycles. The number of methoxy groups -OCH3 is 1. The molecule has 0 bridgehead atoms. The van der Waals surface area contributed by atoms with Crippen LogP contribution in [0.25, 0.3) is 0 Å². The van der Waals surface area contributed by atoms with E-state index < -0.39 is 0 Å². The summed E-state index contributed by atoms with van der Waals surface area (Å²) in [4.78, 5) is 0. The Morgan fingerprint density at radius 1 is 1.61 bits per heavy atom. The van der Waals surface area contributed by atoms with Crippen molar-refractivity contribution in [3.05, 3.63) is 21.3 Å². The van der Waals surface area contributed by atoms with Crippen molar-refractivity contribution in [1.29, 1.82) is 0 Å². The zero-order valence-electron chi connectivity index (χ0n) is 10.0. The van der Waals surface area contributed by atoms with Gasteiger partial charge in [0.15, 0.2) is 16.6 Å². The highest BCUT2D eigenvalue weighted by atomic mass is 127. The monoisotopic (exact) mass is 379 g/mol. The Morgan fingerprint density at radius 3 is 2.94 bits per heavy atom. The number of phenols is 1. The maximum absolute atomic E-state index is 9.68. The van der Waals surface area contributed by atoms with Gasteiger partial charge in [-0.1, -0.05) is 0 Å². The number of nitrogens with one attached hydrogen (secondary N) is 2. The average molecular weight is 379 g/mol. The second-order valence-corrected chi connectivity index (χ2v) is 4.85. The fraction of sp³-hybridized carbons (Fsp3) is 0.273. The number of nitrogens with zero attached hydrogens (tertiary/aromatic N) is 1. The minimum atomic E-state index is 0.131. The average Bonchev–Trinajstić information content (AvgIpc) is 2.33. The maximum atomic E-state index is 9.68. The molecule has 0 unspecified atom stereocenters. The fourth-order valence-electron chi connectivity index (χ4n) is 1.19. The first-order valence-electron chi connectivity index (χ1n) is 5.21. The van der Waals surface area contributed by atoms with Crippen molar-refractivity contribution >= 4 is 46.1 Å². The Kier molecular flexibility index (Phi) is 6.13. The van der Waals surface area contributed by atoms with Crippen LogP contribution in [0.1, 0.15) is 12.5 Å². The molecule has 1 aromatic rings. The Labute approximate surface area is 125 Å². The number of rotatable bonds is 4. The van der Waals surface area contributed by atoms with Gasteiger partial charge in [-0.2, -0.15) is 5.10 Å². The predicted molar refractivity (Wildman–Crippen MR) is 84.4 cm³/mol. The summed E-state index contributed by atoms with van der Waals surface area (Å²) in [5.74, 6) is 0.545. The molecule has 0 amide bonds. The van der Waals surface area contributed by atoms with Gasteiger partial charge in [0, 0.05) is 6.54 Å². The van der Waals surface area contributed by atoms with Gasteiger partial charge < -0.3 is 15.2 Å². The predicted octanol–water partition coefficient (Wildman–Crippen LogP) is 1.82. The van der Waals surface area contributed by atoms with Gasteiger partial charge in [-0.25, -0.2) is 0 Å². The van der Waals surface area contributed by atoms with Crippen LogP contribution in [0.2, 0.25) is 0 Å². The number of aromatic hydroxyl groups is 1. The molecule has 1 rings (SSSR count). The van der Waals surface area contributed by atoms with Gasteiger partial charge in [0.1, 0.15) is 0 Å². The van der Waals surface area contributed by atoms with Gasteiger partial charge in [-0.05, 0) is 59.4 Å². The van der Waals surface area contributed by atoms with Gasteiger partial charge in [0.25, 0.3) is 0 Å². The van der Waals surface area contributed by atoms with Crippen LogP contribution in [0.4, 0.5) is 0 Å². The van der Waals surface area contributed by atoms with Crippen LogP contribution < -0.4 is 15.5 Å². The van der Waals surface area contributed by atoms with Crippen LogP contribution in [0.3, 0.4) is 0 Å². The Bertz CT molecular complexity index is 466. The van der Waals surface area contributed by atoms with E-state index in [1.54, 1.807) is 18.3 Å². The molecule has 0 aliphatic rings. The molecular weight excluding hydrogens is 365 g/mol. The van der Waals surface area contributed by atoms with E-state index in [9.17, 15) is 5.11 Å². The Morgan fingerprint density at radius 2 is 2.33 bits per heavy atom. The van der Waals surface area contributed by atoms with E-state index >= 15 is 0 Å². The van der Waals surface area contributed by atoms with E-state index in [0.29, 0.717) is 14.4 Å². The highest BCUT2D eigenvalue weighted by Crippen LogP contribution is 2.31. The van der Waals surface area contributed by atoms with Crippen molar-refractivity contribution in [3.8, 4) is 11.5 Å². The zero-order valence-corrected chi connectivity index (χ0v) is 13.0. The van der Waals surface area contributed by atoms with E-state index in [0.717, 1.165) is 12.1 Å². The second kappa shape index (κ2) is 7.37. The number of ether oxygens (including phenoxy) is 1. The van der Waals surface area contributed by atoms with Gasteiger partial charge in [-0.3, -0.25) is 5.43 Å². The van der Waals surface area contributed by atoms with E-state index in [4.69, 9.17) is 17.0 Å². The van der Waals surface area contributed by atoms with E-state index in [2.05, 4.69) is 15.8 Å². The lowest BCUT2D eigenvalue weighted by Gasteiger charge is -2.06. The van der Waals surface area contributed by atoms with Crippen LogP contribution in [0.5, 0.6) is 11.5 Å². The number of phenolic OH excluding ortho intramolecular Hbond substituents is 1. The highest BCUT2D eigenvalue weighted by molar-refractivity contribution is 14.1. The number of benzene rings is 1. The van der Waals surface area contributed by atoms with Crippen LogP contribution >= 0.6 is 34.8 Å². The summed E-state index contributed by atoms with van der Waals surface area (Å²) >= 11 is 6.99. The topological polar surface area (TPSA) is 65.9 Å². The van der Waals surface area contributed by atoms with Gasteiger partial charge >= 0.3 is 0 Å². The molecule has 0 aliphatic heterocycles. The molecule has 0 fully saturated rings. The molecule has 0 heterocycles. The lowest BCUT2D eigenvalue weighted by atomic mass is 10.2. The molecule has 0 saturated heterocycles. The van der Waals surface area contributed by atoms with E-state index in [1.807, 2.05) is 29.5 Å². The van der Waals surface area contributed by atoms with Crippen molar-refractivity contribution in [2.75, 3.05) is 13.7 Å². The molecule has 0 aromatic heterocycles. The molecule has 5 nitrogen and oxygen atoms in total. The molecular formula is C11H14IN3O2S. The molecule has 7 heteroatoms. The molecule has 3 N–H and O–H groups in total. The molecule has 0 atom stereocenters. The third-order valence-electron chi connectivity index (χ3n) is 1.99. The molecule has 0 radical (unpaired) electrons. The van der Waals surface area contributed by atoms with Crippen molar-refractivity contribution in [1.82, 2.24) is 10.7 Å². The van der Waals surface area contributed by atoms with E-state index in [1.165, 1.54) is 7.11 Å². The van der Waals surface area contributed by atoms with Crippen LogP contribution in [0.15, 0.2) is 17.2 Å². The van der Waals surface area contributed by atoms with Gasteiger partial charge in [-0.15, -0.1) is 0 Å². The fourth-order valence-corrected chi connectivity index (χ4v) is 2.01. The number of thiocarbonyl (C=S) groups is 1. The summed E-state index contributed by atoms with van der Waals surface area (Å²) in [6.45, 7) is 2.69. The quantitative estimate of drug-likeness (QED) is 0.323. The minimum absolute atomic E-state index is 0.131. The van der Waals surface area contributed by atoms with Crippen LogP contribution in [-0.2, 0) is 0 Å². The second-order valence-electron chi connectivity index (χ2n) is 3.28. The lowest BCUT2D eigenvalue weighted by Crippen LogP contribution is -2.31. The summed E-state index contributed by atoms with van der Waals surface area (Å²) in [5.41, 5.74) is 3.49. The molecule has 0 saturated carbocycles. The summed E-state index contributed by atoms with van der Waals surface area (Å²) in [5, 5.41) is 17.1. The van der Waals surface area contributed by atoms with Crippen molar-refractivity contribution in [2.45, 2.75) is 6.92 Å². The Balaban J connectivity index is 2.76. The summed E-state index contributed by atoms with van der Waals surface area (Å²) in [6, 6.07) is 3.48. The van der Waals surface area contributed by atoms with Gasteiger partial charge in [0.05, 0.1) is 16.9 Å². The molecule has 98 valence electrons. The number of hydrogen-bond donors (Lipinski definition) is 3. The van der Waals surface area contributed by atoms with E-state index in [-0.39, 0.29) is 5.75 Å². The summed E-state index contributed by atoms with van der Waals surface area (Å²) in [6.07, 6.45) is 1.60. The van der Waals surface area contributed by atoms with Crippen molar-refractivity contribution < 1.29 is 9.84 Å². The molecule has 18 heavy (non-hydrogen) atoms. The first-order chi connectivity index (χ1) is 8.58. The SMILES string of the molecule is CCNC(=S)N/N=C\c1cc(I)c(O)c(OC)c1. The summed E-state index contributed by atoms with van der Waals surface area (Å²) in [7, 11) is 1.50. The maximum Gasteiger partial charge on any atom is 0.186 e. The number of halogens is 1. The standard InChI is InChI=1S/C11H14IN3O2S/c1-3-13-11(18)15-14-6-7-4-8(12)10(16)9(5-7)17-2/h4-6,16H,3H2,1-2H3,(H2,13,15,18)/b14-6-. The highest BCUT2D eigenvalue weighted by Gasteiger charge is 2.07. The first kappa shape index (κ1) is 15.0. The smallest absolute Gasteiger partial charge is 0.186 e. The third-order valence-corrected chi connectivity index (χ3v) is 3.05. The zero-order chi connectivity index (χ0) is 13.5. The Hall–Kier alpha value is -1.09. The third kappa shape index (κ3) is 4.30. The number of hydrazone groups is 1. The van der Waals surface area contributed by atoms with Crippen LogP contribution in [-0.4, -0.2) is 30.1 Å².